The van der Waals surface area contributed by atoms with E-state index in [-0.39, 0.29) is 35.0 Å². The Hall–Kier alpha value is -4.21. The summed E-state index contributed by atoms with van der Waals surface area (Å²) in [5.74, 6) is -3.48. The molecular weight excluding hydrogens is 638 g/mol. The Morgan fingerprint density at radius 2 is 1.80 bits per heavy atom. The fraction of sp³-hybridized carbons (Fsp3) is 0.387. The number of thioether (sulfide) groups is 1. The second kappa shape index (κ2) is 11.9. The van der Waals surface area contributed by atoms with Crippen molar-refractivity contribution >= 4 is 63.4 Å². The van der Waals surface area contributed by atoms with Gasteiger partial charge in [0, 0.05) is 61.0 Å². The van der Waals surface area contributed by atoms with Gasteiger partial charge >= 0.3 is 11.9 Å². The first kappa shape index (κ1) is 30.4. The highest BCUT2D eigenvalue weighted by Gasteiger charge is 2.54. The maximum Gasteiger partial charge on any atom is 0.352 e. The van der Waals surface area contributed by atoms with E-state index < -0.39 is 40.5 Å². The van der Waals surface area contributed by atoms with Crippen LogP contribution in [-0.2, 0) is 20.8 Å². The Bertz CT molecular complexity index is 1860. The van der Waals surface area contributed by atoms with E-state index >= 15 is 4.39 Å². The van der Waals surface area contributed by atoms with Gasteiger partial charge in [0.15, 0.2) is 0 Å². The number of hydrogen-bond donors (Lipinski definition) is 3. The zero-order valence-corrected chi connectivity index (χ0v) is 26.1. The summed E-state index contributed by atoms with van der Waals surface area (Å²) in [6.45, 7) is 2.22. The number of thiophene rings is 1. The molecule has 3 aliphatic heterocycles. The quantitative estimate of drug-likeness (QED) is 0.290. The van der Waals surface area contributed by atoms with Crippen LogP contribution in [-0.4, -0.2) is 98.2 Å². The second-order valence-corrected chi connectivity index (χ2v) is 14.0. The Kier molecular flexibility index (Phi) is 7.85. The summed E-state index contributed by atoms with van der Waals surface area (Å²) in [5.41, 5.74) is 0.303. The molecule has 7 rings (SSSR count). The number of amides is 2. The number of pyridine rings is 1. The molecule has 0 spiro atoms. The van der Waals surface area contributed by atoms with Crippen LogP contribution < -0.4 is 15.6 Å². The SMILES string of the molecule is O=C(Cc1cccs1)N[C@@H]1C(=O)N2C(C(=O)O)=C(CN3CCN(c4cc5c(cc4F)c(=O)c(C(=O)O)cn5C4CC4)CC3)CS[C@H]12. The van der Waals surface area contributed by atoms with Gasteiger partial charge in [-0.2, -0.15) is 0 Å². The molecule has 3 N–H and O–H groups in total. The number of hydrogen-bond acceptors (Lipinski definition) is 9. The van der Waals surface area contributed by atoms with Crippen LogP contribution in [0.1, 0.15) is 34.1 Å². The molecule has 12 nitrogen and oxygen atoms in total. The van der Waals surface area contributed by atoms with Crippen LogP contribution in [0.25, 0.3) is 10.9 Å². The third-order valence-electron chi connectivity index (χ3n) is 8.88. The summed E-state index contributed by atoms with van der Waals surface area (Å²) in [6, 6.07) is 5.74. The molecule has 3 fully saturated rings. The average Bonchev–Trinajstić information content (AvgIpc) is 3.75. The Balaban J connectivity index is 1.04. The minimum atomic E-state index is -1.34. The topological polar surface area (TPSA) is 152 Å². The smallest absolute Gasteiger partial charge is 0.352 e. The molecular formula is C31H30FN5O7S2. The van der Waals surface area contributed by atoms with Crippen molar-refractivity contribution in [2.45, 2.75) is 36.7 Å². The highest BCUT2D eigenvalue weighted by molar-refractivity contribution is 8.00. The van der Waals surface area contributed by atoms with E-state index in [1.54, 1.807) is 10.6 Å². The number of halogens is 1. The number of carboxylic acid groups (broad SMARTS) is 2. The number of nitrogens with one attached hydrogen (secondary N) is 1. The fourth-order valence-electron chi connectivity index (χ4n) is 6.43. The van der Waals surface area contributed by atoms with Gasteiger partial charge in [-0.3, -0.25) is 24.2 Å². The number of piperazine rings is 1. The number of rotatable bonds is 9. The number of benzene rings is 1. The van der Waals surface area contributed by atoms with Gasteiger partial charge in [-0.15, -0.1) is 23.1 Å². The van der Waals surface area contributed by atoms with Gasteiger partial charge in [-0.25, -0.2) is 14.0 Å². The van der Waals surface area contributed by atoms with Gasteiger partial charge in [0.05, 0.1) is 17.6 Å². The standard InChI is InChI=1S/C31H30FN5O7S2/c32-21-11-19-22(36(17-3-4-17)14-20(27(19)39)30(41)42)12-23(21)35-7-5-34(6-8-35)13-16-15-46-29-25(28(40)37(29)26(16)31(43)44)33-24(38)10-18-2-1-9-45-18/h1-2,9,11-12,14,17,25,29H,3-8,10,13,15H2,(H,33,38)(H,41,42)(H,43,44)/t25-,29-/m1/s1. The molecule has 1 saturated carbocycles. The molecule has 46 heavy (non-hydrogen) atoms. The van der Waals surface area contributed by atoms with Crippen molar-refractivity contribution in [2.24, 2.45) is 0 Å². The average molecular weight is 668 g/mol. The summed E-state index contributed by atoms with van der Waals surface area (Å²) in [7, 11) is 0. The highest BCUT2D eigenvalue weighted by atomic mass is 32.2. The van der Waals surface area contributed by atoms with E-state index in [9.17, 15) is 34.2 Å². The largest absolute Gasteiger partial charge is 0.477 e. The first-order chi connectivity index (χ1) is 22.1. The minimum absolute atomic E-state index is 0.0396. The number of carboxylic acids is 2. The fourth-order valence-corrected chi connectivity index (χ4v) is 8.46. The molecule has 2 atom stereocenters. The number of anilines is 1. The van der Waals surface area contributed by atoms with E-state index in [1.165, 1.54) is 34.2 Å². The Morgan fingerprint density at radius 3 is 2.46 bits per heavy atom. The number of carbonyl (C=O) groups is 4. The number of β-lactam (4-membered cyclic amide) rings is 1. The molecule has 2 amide bonds. The zero-order valence-electron chi connectivity index (χ0n) is 24.5. The molecule has 0 unspecified atom stereocenters. The summed E-state index contributed by atoms with van der Waals surface area (Å²) in [4.78, 5) is 68.5. The zero-order chi connectivity index (χ0) is 32.3. The monoisotopic (exact) mass is 667 g/mol. The predicted molar refractivity (Wildman–Crippen MR) is 170 cm³/mol. The number of carbonyl (C=O) groups excluding carboxylic acids is 2. The van der Waals surface area contributed by atoms with E-state index in [0.29, 0.717) is 55.3 Å². The molecule has 0 bridgehead atoms. The van der Waals surface area contributed by atoms with E-state index in [0.717, 1.165) is 23.8 Å². The lowest BCUT2D eigenvalue weighted by atomic mass is 10.0. The van der Waals surface area contributed by atoms with Crippen molar-refractivity contribution in [3.05, 3.63) is 73.6 Å². The number of nitrogens with zero attached hydrogens (tertiary/aromatic N) is 4. The molecule has 0 radical (unpaired) electrons. The van der Waals surface area contributed by atoms with Gasteiger partial charge in [0.25, 0.3) is 5.91 Å². The van der Waals surface area contributed by atoms with Crippen molar-refractivity contribution in [1.29, 1.82) is 0 Å². The van der Waals surface area contributed by atoms with E-state index in [2.05, 4.69) is 10.2 Å². The molecule has 1 aliphatic carbocycles. The lowest BCUT2D eigenvalue weighted by Crippen LogP contribution is -2.70. The third kappa shape index (κ3) is 5.45. The third-order valence-corrected chi connectivity index (χ3v) is 11.1. The lowest BCUT2D eigenvalue weighted by Gasteiger charge is -2.50. The van der Waals surface area contributed by atoms with Crippen LogP contribution in [0, 0.1) is 5.82 Å². The van der Waals surface area contributed by atoms with Crippen LogP contribution in [0.4, 0.5) is 10.1 Å². The molecule has 1 aromatic carbocycles. The van der Waals surface area contributed by atoms with Crippen molar-refractivity contribution in [1.82, 2.24) is 19.7 Å². The summed E-state index contributed by atoms with van der Waals surface area (Å²) < 4.78 is 17.2. The van der Waals surface area contributed by atoms with Crippen LogP contribution in [0.15, 0.2) is 51.9 Å². The van der Waals surface area contributed by atoms with Gasteiger partial charge in [-0.05, 0) is 42.0 Å². The van der Waals surface area contributed by atoms with Crippen molar-refractivity contribution in [3.8, 4) is 0 Å². The van der Waals surface area contributed by atoms with Crippen LogP contribution in [0.5, 0.6) is 0 Å². The van der Waals surface area contributed by atoms with E-state index in [1.807, 2.05) is 22.4 Å². The maximum atomic E-state index is 15.4. The molecule has 2 saturated heterocycles. The predicted octanol–water partition coefficient (Wildman–Crippen LogP) is 2.34. The maximum absolute atomic E-state index is 15.4. The van der Waals surface area contributed by atoms with Crippen molar-refractivity contribution in [3.63, 3.8) is 0 Å². The Morgan fingerprint density at radius 1 is 1.04 bits per heavy atom. The lowest BCUT2D eigenvalue weighted by molar-refractivity contribution is -0.150. The molecule has 5 heterocycles. The van der Waals surface area contributed by atoms with Crippen LogP contribution in [0.3, 0.4) is 0 Å². The highest BCUT2D eigenvalue weighted by Crippen LogP contribution is 2.41. The molecule has 15 heteroatoms. The number of fused-ring (bicyclic) bond motifs is 2. The molecule has 240 valence electrons. The molecule has 3 aromatic rings. The number of aliphatic carboxylic acids is 1. The second-order valence-electron chi connectivity index (χ2n) is 11.9. The van der Waals surface area contributed by atoms with Crippen molar-refractivity contribution < 1.29 is 33.8 Å². The Labute approximate surface area is 270 Å². The van der Waals surface area contributed by atoms with Crippen molar-refractivity contribution in [2.75, 3.05) is 43.4 Å². The number of aromatic carboxylic acids is 1. The van der Waals surface area contributed by atoms with Gasteiger partial charge < -0.3 is 25.0 Å². The minimum Gasteiger partial charge on any atom is -0.477 e. The van der Waals surface area contributed by atoms with Crippen LogP contribution >= 0.6 is 23.1 Å². The summed E-state index contributed by atoms with van der Waals surface area (Å²) in [5, 5.41) is 23.8. The first-order valence-electron chi connectivity index (χ1n) is 14.9. The molecule has 2 aromatic heterocycles. The molecule has 4 aliphatic rings. The van der Waals surface area contributed by atoms with E-state index in [4.69, 9.17) is 0 Å². The van der Waals surface area contributed by atoms with Crippen LogP contribution in [0.2, 0.25) is 0 Å². The summed E-state index contributed by atoms with van der Waals surface area (Å²) in [6.07, 6.45) is 3.22. The first-order valence-corrected chi connectivity index (χ1v) is 16.8. The van der Waals surface area contributed by atoms with Gasteiger partial charge in [-0.1, -0.05) is 6.07 Å². The van der Waals surface area contributed by atoms with Gasteiger partial charge in [0.2, 0.25) is 11.3 Å². The normalized spacial score (nSPS) is 21.7. The van der Waals surface area contributed by atoms with Gasteiger partial charge in [0.1, 0.15) is 28.5 Å². The number of aromatic nitrogens is 1. The summed E-state index contributed by atoms with van der Waals surface area (Å²) >= 11 is 2.88.